The van der Waals surface area contributed by atoms with E-state index >= 15 is 4.39 Å². The van der Waals surface area contributed by atoms with Crippen LogP contribution in [-0.2, 0) is 11.2 Å². The molecule has 1 aliphatic carbocycles. The molecule has 0 aliphatic heterocycles. The zero-order chi connectivity index (χ0) is 22.9. The monoisotopic (exact) mass is 540 g/mol. The lowest BCUT2D eigenvalue weighted by molar-refractivity contribution is -0.119. The Hall–Kier alpha value is -1.01. The van der Waals surface area contributed by atoms with Gasteiger partial charge in [-0.1, -0.05) is 69.3 Å². The summed E-state index contributed by atoms with van der Waals surface area (Å²) in [6.07, 6.45) is 12.6. The van der Waals surface area contributed by atoms with Crippen molar-refractivity contribution in [1.29, 1.82) is 0 Å². The molecule has 0 saturated heterocycles. The van der Waals surface area contributed by atoms with E-state index in [4.69, 9.17) is 0 Å². The molecule has 1 unspecified atom stereocenters. The summed E-state index contributed by atoms with van der Waals surface area (Å²) < 4.78 is 13.7. The van der Waals surface area contributed by atoms with Crippen molar-refractivity contribution in [2.45, 2.75) is 75.5 Å². The first-order chi connectivity index (χ1) is 14.7. The van der Waals surface area contributed by atoms with Crippen LogP contribution < -0.4 is 0 Å². The predicted octanol–water partition coefficient (Wildman–Crippen LogP) is 7.25. The van der Waals surface area contributed by atoms with Crippen LogP contribution in [0.5, 0.6) is 0 Å². The number of carbonyl (C=O) groups is 1. The van der Waals surface area contributed by atoms with Crippen LogP contribution in [0.25, 0.3) is 0 Å². The predicted molar refractivity (Wildman–Crippen MR) is 136 cm³/mol. The van der Waals surface area contributed by atoms with Gasteiger partial charge in [0.15, 0.2) is 3.68 Å². The van der Waals surface area contributed by atoms with Gasteiger partial charge >= 0.3 is 0 Å². The number of halogens is 2. The largest absolute Gasteiger partial charge is 0.393 e. The standard InChI is InChI=1S/C27H38FIO2/c1-20(2)17-23(30)13-9-4-5-10-14-25-24(21(3)18-26(25)31)15-16-27(28,29)19-22-11-7-6-8-12-22/h5-8,10-12,15-16,20-21,24-26,31H,4,9,13-14,17-19H2,1-3H3/b10-5-,16-15+/t21?,24-,25-,26+,27-/m0/s1. The van der Waals surface area contributed by atoms with E-state index < -0.39 is 3.68 Å². The van der Waals surface area contributed by atoms with Gasteiger partial charge in [0.2, 0.25) is 0 Å². The fourth-order valence-corrected chi connectivity index (χ4v) is 5.21. The molecule has 0 spiro atoms. The molecule has 31 heavy (non-hydrogen) atoms. The molecule has 5 atom stereocenters. The highest BCUT2D eigenvalue weighted by atomic mass is 127. The number of rotatable bonds is 12. The molecule has 1 N–H and O–H groups in total. The molecule has 4 heteroatoms. The number of carbonyl (C=O) groups excluding carboxylic acids is 1. The summed E-state index contributed by atoms with van der Waals surface area (Å²) in [5, 5.41) is 10.5. The van der Waals surface area contributed by atoms with E-state index in [0.29, 0.717) is 36.9 Å². The van der Waals surface area contributed by atoms with Crippen LogP contribution in [-0.4, -0.2) is 20.7 Å². The van der Waals surface area contributed by atoms with Gasteiger partial charge < -0.3 is 5.11 Å². The number of allylic oxidation sites excluding steroid dienone is 4. The summed E-state index contributed by atoms with van der Waals surface area (Å²) in [6.45, 7) is 6.29. The van der Waals surface area contributed by atoms with Gasteiger partial charge in [0.25, 0.3) is 0 Å². The molecule has 2 rings (SSSR count). The third kappa shape index (κ3) is 9.56. The normalized spacial score (nSPS) is 26.2. The molecular weight excluding hydrogens is 502 g/mol. The molecule has 0 aromatic heterocycles. The first-order valence-electron chi connectivity index (χ1n) is 11.6. The fourth-order valence-electron chi connectivity index (χ4n) is 4.56. The summed E-state index contributed by atoms with van der Waals surface area (Å²) >= 11 is 1.88. The maximum Gasteiger partial charge on any atom is 0.183 e. The van der Waals surface area contributed by atoms with E-state index in [-0.39, 0.29) is 17.9 Å². The minimum Gasteiger partial charge on any atom is -0.393 e. The van der Waals surface area contributed by atoms with Crippen LogP contribution in [0.15, 0.2) is 54.6 Å². The van der Waals surface area contributed by atoms with Gasteiger partial charge in [0, 0.05) is 19.3 Å². The molecular formula is C27H38FIO2. The second kappa shape index (κ2) is 12.9. The Morgan fingerprint density at radius 1 is 1.29 bits per heavy atom. The summed E-state index contributed by atoms with van der Waals surface area (Å²) in [4.78, 5) is 11.8. The van der Waals surface area contributed by atoms with Crippen LogP contribution in [0.4, 0.5) is 4.39 Å². The Balaban J connectivity index is 1.86. The molecule has 0 amide bonds. The van der Waals surface area contributed by atoms with Crippen molar-refractivity contribution in [3.8, 4) is 0 Å². The highest BCUT2D eigenvalue weighted by Crippen LogP contribution is 2.41. The molecule has 1 aromatic rings. The van der Waals surface area contributed by atoms with Gasteiger partial charge in [-0.05, 0) is 83.6 Å². The Bertz CT molecular complexity index is 726. The summed E-state index contributed by atoms with van der Waals surface area (Å²) in [6, 6.07) is 9.71. The number of hydrogen-bond acceptors (Lipinski definition) is 2. The van der Waals surface area contributed by atoms with E-state index in [1.54, 1.807) is 6.08 Å². The fraction of sp³-hybridized carbons (Fsp3) is 0.593. The second-order valence-electron chi connectivity index (χ2n) is 9.54. The van der Waals surface area contributed by atoms with E-state index in [2.05, 4.69) is 32.9 Å². The first-order valence-corrected chi connectivity index (χ1v) is 12.7. The van der Waals surface area contributed by atoms with E-state index in [0.717, 1.165) is 31.2 Å². The number of benzene rings is 1. The van der Waals surface area contributed by atoms with Gasteiger partial charge in [0.05, 0.1) is 6.10 Å². The van der Waals surface area contributed by atoms with Gasteiger partial charge in [-0.15, -0.1) is 0 Å². The first kappa shape index (κ1) is 26.2. The van der Waals surface area contributed by atoms with Crippen molar-refractivity contribution in [2.75, 3.05) is 0 Å². The van der Waals surface area contributed by atoms with Crippen LogP contribution in [0, 0.1) is 23.7 Å². The Labute approximate surface area is 201 Å². The second-order valence-corrected chi connectivity index (χ2v) is 11.3. The molecule has 1 saturated carbocycles. The number of aliphatic hydroxyl groups excluding tert-OH is 1. The lowest BCUT2D eigenvalue weighted by Gasteiger charge is -2.21. The van der Waals surface area contributed by atoms with Crippen LogP contribution in [0.3, 0.4) is 0 Å². The highest BCUT2D eigenvalue weighted by molar-refractivity contribution is 14.1. The van der Waals surface area contributed by atoms with Crippen molar-refractivity contribution in [3.05, 3.63) is 60.2 Å². The molecule has 0 bridgehead atoms. The average molecular weight is 541 g/mol. The van der Waals surface area contributed by atoms with Gasteiger partial charge in [-0.3, -0.25) is 4.79 Å². The maximum absolute atomic E-state index is 15.1. The van der Waals surface area contributed by atoms with Gasteiger partial charge in [0.1, 0.15) is 5.78 Å². The van der Waals surface area contributed by atoms with Gasteiger partial charge in [-0.2, -0.15) is 0 Å². The van der Waals surface area contributed by atoms with Crippen molar-refractivity contribution >= 4 is 28.4 Å². The zero-order valence-electron chi connectivity index (χ0n) is 19.1. The number of ketones is 1. The van der Waals surface area contributed by atoms with Crippen LogP contribution in [0.2, 0.25) is 0 Å². The summed E-state index contributed by atoms with van der Waals surface area (Å²) in [5.74, 6) is 1.40. The molecule has 1 aliphatic rings. The molecule has 1 fully saturated rings. The van der Waals surface area contributed by atoms with Crippen LogP contribution in [0.1, 0.15) is 64.9 Å². The highest BCUT2D eigenvalue weighted by Gasteiger charge is 2.38. The SMILES string of the molecule is CC(C)CC(=O)CCC/C=C\C[C@@H]1[C@H](O)CC(C)[C@@H]1/C=C/[C@](F)(I)Cc1ccccc1. The molecule has 0 radical (unpaired) electrons. The van der Waals surface area contributed by atoms with E-state index in [1.165, 1.54) is 0 Å². The number of Topliss-reactive ketones (excluding diaryl/α,β-unsaturated/α-hetero) is 1. The number of unbranched alkanes of at least 4 members (excludes halogenated alkanes) is 1. The summed E-state index contributed by atoms with van der Waals surface area (Å²) in [5.41, 5.74) is 0.981. The smallest absolute Gasteiger partial charge is 0.183 e. The number of hydrogen-bond donors (Lipinski definition) is 1. The zero-order valence-corrected chi connectivity index (χ0v) is 21.3. The van der Waals surface area contributed by atoms with E-state index in [9.17, 15) is 9.90 Å². The third-order valence-electron chi connectivity index (χ3n) is 6.14. The molecule has 172 valence electrons. The number of alkyl halides is 2. The Kier molecular flexibility index (Phi) is 10.9. The lowest BCUT2D eigenvalue weighted by atomic mass is 9.86. The molecule has 1 aromatic carbocycles. The van der Waals surface area contributed by atoms with Crippen molar-refractivity contribution in [1.82, 2.24) is 0 Å². The third-order valence-corrected chi connectivity index (χ3v) is 6.88. The summed E-state index contributed by atoms with van der Waals surface area (Å²) in [7, 11) is 0. The Morgan fingerprint density at radius 2 is 2.00 bits per heavy atom. The van der Waals surface area contributed by atoms with Crippen molar-refractivity contribution in [2.24, 2.45) is 23.7 Å². The maximum atomic E-state index is 15.1. The minimum absolute atomic E-state index is 0.119. The topological polar surface area (TPSA) is 37.3 Å². The minimum atomic E-state index is -1.44. The van der Waals surface area contributed by atoms with Crippen molar-refractivity contribution in [3.63, 3.8) is 0 Å². The van der Waals surface area contributed by atoms with E-state index in [1.807, 2.05) is 59.0 Å². The Morgan fingerprint density at radius 3 is 2.68 bits per heavy atom. The lowest BCUT2D eigenvalue weighted by Crippen LogP contribution is -2.20. The van der Waals surface area contributed by atoms with Gasteiger partial charge in [-0.25, -0.2) is 4.39 Å². The molecule has 0 heterocycles. The average Bonchev–Trinajstić information content (AvgIpc) is 2.95. The number of aliphatic hydroxyl groups is 1. The van der Waals surface area contributed by atoms with Crippen molar-refractivity contribution < 1.29 is 14.3 Å². The molecule has 2 nitrogen and oxygen atoms in total. The van der Waals surface area contributed by atoms with Crippen LogP contribution >= 0.6 is 22.6 Å². The quantitative estimate of drug-likeness (QED) is 0.131.